The fraction of sp³-hybridized carbons (Fsp3) is 0.636. The molecule has 1 aromatic carbocycles. The zero-order chi connectivity index (χ0) is 25.2. The highest BCUT2D eigenvalue weighted by atomic mass is 32.2. The third-order valence-corrected chi connectivity index (χ3v) is 7.84. The van der Waals surface area contributed by atoms with Crippen LogP contribution in [0, 0.1) is 5.82 Å². The van der Waals surface area contributed by atoms with E-state index in [4.69, 9.17) is 9.47 Å². The Kier molecular flexibility index (Phi) is 8.17. The summed E-state index contributed by atoms with van der Waals surface area (Å²) < 4.78 is 51.1. The summed E-state index contributed by atoms with van der Waals surface area (Å²) >= 11 is 0. The smallest absolute Gasteiger partial charge is 0.248 e. The molecule has 0 aliphatic carbocycles. The Morgan fingerprint density at radius 3 is 2.41 bits per heavy atom. The number of amides is 2. The van der Waals surface area contributed by atoms with Crippen molar-refractivity contribution in [2.75, 3.05) is 33.5 Å². The Morgan fingerprint density at radius 2 is 1.85 bits per heavy atom. The highest BCUT2D eigenvalue weighted by Gasteiger charge is 2.55. The molecule has 0 aromatic heterocycles. The molecule has 0 spiro atoms. The number of hydrogen-bond donors (Lipinski definition) is 2. The molecule has 12 heteroatoms. The van der Waals surface area contributed by atoms with Gasteiger partial charge in [-0.05, 0) is 51.6 Å². The van der Waals surface area contributed by atoms with Crippen LogP contribution in [0.25, 0.3) is 0 Å². The maximum Gasteiger partial charge on any atom is 0.248 e. The van der Waals surface area contributed by atoms with Crippen LogP contribution in [0.5, 0.6) is 5.75 Å². The Morgan fingerprint density at radius 1 is 1.21 bits per heavy atom. The molecule has 3 rings (SSSR count). The molecule has 2 heterocycles. The lowest BCUT2D eigenvalue weighted by Gasteiger charge is -2.34. The highest BCUT2D eigenvalue weighted by Crippen LogP contribution is 2.36. The highest BCUT2D eigenvalue weighted by molar-refractivity contribution is 7.88. The van der Waals surface area contributed by atoms with Gasteiger partial charge in [0, 0.05) is 13.7 Å². The monoisotopic (exact) mass is 500 g/mol. The molecule has 0 saturated carbocycles. The molecule has 34 heavy (non-hydrogen) atoms. The number of likely N-dealkylation sites (N-methyl/N-ethyl adjacent to an activating group) is 1. The number of carbonyl (C=O) groups is 2. The van der Waals surface area contributed by atoms with Gasteiger partial charge in [0.25, 0.3) is 0 Å². The van der Waals surface area contributed by atoms with Gasteiger partial charge >= 0.3 is 0 Å². The number of sulfonamides is 1. The molecule has 2 aliphatic heterocycles. The molecule has 0 unspecified atom stereocenters. The molecule has 2 N–H and O–H groups in total. The zero-order valence-corrected chi connectivity index (χ0v) is 20.8. The van der Waals surface area contributed by atoms with Crippen LogP contribution < -0.4 is 15.4 Å². The summed E-state index contributed by atoms with van der Waals surface area (Å²) in [4.78, 5) is 27.8. The first kappa shape index (κ1) is 26.3. The predicted octanol–water partition coefficient (Wildman–Crippen LogP) is -0.0546. The number of halogens is 1. The Hall–Kier alpha value is -2.28. The Bertz CT molecular complexity index is 992. The van der Waals surface area contributed by atoms with Crippen LogP contribution in [-0.2, 0) is 24.3 Å². The molecule has 1 aromatic rings. The largest absolute Gasteiger partial charge is 0.487 e. The normalized spacial score (nSPS) is 25.5. The maximum absolute atomic E-state index is 13.7. The van der Waals surface area contributed by atoms with Crippen molar-refractivity contribution in [1.82, 2.24) is 19.8 Å². The van der Waals surface area contributed by atoms with Gasteiger partial charge in [0.1, 0.15) is 23.7 Å². The van der Waals surface area contributed by atoms with Crippen molar-refractivity contribution in [1.29, 1.82) is 0 Å². The molecule has 6 atom stereocenters. The van der Waals surface area contributed by atoms with E-state index in [-0.39, 0.29) is 18.4 Å². The van der Waals surface area contributed by atoms with Crippen LogP contribution in [0.15, 0.2) is 24.3 Å². The van der Waals surface area contributed by atoms with Crippen LogP contribution in [0.2, 0.25) is 0 Å². The number of hydrogen-bond acceptors (Lipinski definition) is 7. The minimum absolute atomic E-state index is 0.0585. The predicted molar refractivity (Wildman–Crippen MR) is 123 cm³/mol. The number of rotatable bonds is 9. The van der Waals surface area contributed by atoms with Gasteiger partial charge in [0.05, 0.1) is 37.0 Å². The second-order valence-corrected chi connectivity index (χ2v) is 10.7. The molecule has 190 valence electrons. The summed E-state index contributed by atoms with van der Waals surface area (Å²) in [7, 11) is -0.468. The topological polar surface area (TPSA) is 117 Å². The average Bonchev–Trinajstić information content (AvgIpc) is 3.38. The zero-order valence-electron chi connectivity index (χ0n) is 20.0. The first-order valence-corrected chi connectivity index (χ1v) is 13.0. The summed E-state index contributed by atoms with van der Waals surface area (Å²) in [5.74, 6) is -0.780. The third kappa shape index (κ3) is 5.51. The minimum Gasteiger partial charge on any atom is -0.487 e. The van der Waals surface area contributed by atoms with E-state index in [1.54, 1.807) is 25.8 Å². The molecule has 0 bridgehead atoms. The van der Waals surface area contributed by atoms with Gasteiger partial charge in [-0.25, -0.2) is 12.8 Å². The van der Waals surface area contributed by atoms with Gasteiger partial charge in [0.15, 0.2) is 0 Å². The van der Waals surface area contributed by atoms with Crippen molar-refractivity contribution in [2.24, 2.45) is 0 Å². The van der Waals surface area contributed by atoms with E-state index in [2.05, 4.69) is 10.6 Å². The minimum atomic E-state index is -3.56. The number of nitrogens with zero attached hydrogens (tertiary/aromatic N) is 2. The van der Waals surface area contributed by atoms with Crippen molar-refractivity contribution in [3.8, 4) is 5.75 Å². The third-order valence-electron chi connectivity index (χ3n) is 6.57. The summed E-state index contributed by atoms with van der Waals surface area (Å²) in [6.45, 7) is 3.72. The first-order valence-electron chi connectivity index (χ1n) is 11.2. The summed E-state index contributed by atoms with van der Waals surface area (Å²) in [5, 5.41) is 5.59. The van der Waals surface area contributed by atoms with E-state index in [0.717, 1.165) is 6.26 Å². The maximum atomic E-state index is 13.7. The van der Waals surface area contributed by atoms with E-state index in [1.165, 1.54) is 35.7 Å². The van der Waals surface area contributed by atoms with Crippen LogP contribution in [0.3, 0.4) is 0 Å². The van der Waals surface area contributed by atoms with Crippen molar-refractivity contribution >= 4 is 21.8 Å². The van der Waals surface area contributed by atoms with E-state index in [0.29, 0.717) is 18.7 Å². The molecule has 2 amide bonds. The quantitative estimate of drug-likeness (QED) is 0.488. The summed E-state index contributed by atoms with van der Waals surface area (Å²) in [6.07, 6.45) is 0.275. The Labute approximate surface area is 199 Å². The van der Waals surface area contributed by atoms with Crippen molar-refractivity contribution in [3.05, 3.63) is 30.1 Å². The van der Waals surface area contributed by atoms with Gasteiger partial charge in [-0.15, -0.1) is 0 Å². The molecule has 10 nitrogen and oxygen atoms in total. The van der Waals surface area contributed by atoms with Crippen LogP contribution in [0.4, 0.5) is 4.39 Å². The van der Waals surface area contributed by atoms with Gasteiger partial charge in [-0.2, -0.15) is 4.31 Å². The fourth-order valence-electron chi connectivity index (χ4n) is 4.52. The fourth-order valence-corrected chi connectivity index (χ4v) is 5.66. The average molecular weight is 501 g/mol. The van der Waals surface area contributed by atoms with E-state index < -0.39 is 52.2 Å². The van der Waals surface area contributed by atoms with E-state index >= 15 is 0 Å². The molecule has 0 radical (unpaired) electrons. The molecule has 2 saturated heterocycles. The van der Waals surface area contributed by atoms with Crippen LogP contribution >= 0.6 is 0 Å². The molecule has 2 aliphatic rings. The second kappa shape index (κ2) is 10.5. The molecular formula is C22H33FN4O6S. The summed E-state index contributed by atoms with van der Waals surface area (Å²) in [6, 6.07) is 2.91. The lowest BCUT2D eigenvalue weighted by atomic mass is 10.1. The van der Waals surface area contributed by atoms with Crippen LogP contribution in [-0.4, -0.2) is 99.3 Å². The van der Waals surface area contributed by atoms with Crippen molar-refractivity contribution in [3.63, 3.8) is 0 Å². The number of ether oxygens (including phenoxy) is 2. The lowest BCUT2D eigenvalue weighted by Crippen LogP contribution is -2.59. The van der Waals surface area contributed by atoms with E-state index in [9.17, 15) is 22.4 Å². The molecular weight excluding hydrogens is 467 g/mol. The standard InChI is InChI=1S/C22H33FN4O6S/c1-13(24-3)21(28)25-19(14(2)32-4)22(29)26-11-10-17-20(26)18(12-27(17)34(5,30)31)33-16-8-6-15(23)7-9-16/h6-9,13-14,17-20,24H,10-12H2,1-5H3,(H,25,28)/t13-,14+,17+,18-,19-,20-/m0/s1. The van der Waals surface area contributed by atoms with Crippen LogP contribution in [0.1, 0.15) is 20.3 Å². The van der Waals surface area contributed by atoms with Gasteiger partial charge in [-0.1, -0.05) is 0 Å². The summed E-state index contributed by atoms with van der Waals surface area (Å²) in [5.41, 5.74) is 0. The SMILES string of the molecule is CN[C@@H](C)C(=O)N[C@H](C(=O)N1CC[C@@H]2[C@H]1[C@@H](Oc1ccc(F)cc1)CN2S(C)(=O)=O)[C@@H](C)OC. The van der Waals surface area contributed by atoms with E-state index in [1.807, 2.05) is 0 Å². The number of likely N-dealkylation sites (tertiary alicyclic amines) is 1. The lowest BCUT2D eigenvalue weighted by molar-refractivity contribution is -0.142. The first-order chi connectivity index (χ1) is 16.0. The van der Waals surface area contributed by atoms with Crippen molar-refractivity contribution in [2.45, 2.75) is 56.6 Å². The van der Waals surface area contributed by atoms with Crippen molar-refractivity contribution < 1.29 is 31.9 Å². The number of fused-ring (bicyclic) bond motifs is 1. The second-order valence-electron chi connectivity index (χ2n) is 8.76. The number of carbonyl (C=O) groups excluding carboxylic acids is 2. The van der Waals surface area contributed by atoms with Gasteiger partial charge in [0.2, 0.25) is 21.8 Å². The number of benzene rings is 1. The number of nitrogens with one attached hydrogen (secondary N) is 2. The molecule has 2 fully saturated rings. The Balaban J connectivity index is 1.89. The number of methoxy groups -OCH3 is 1. The van der Waals surface area contributed by atoms with Gasteiger partial charge in [-0.3, -0.25) is 9.59 Å². The van der Waals surface area contributed by atoms with Gasteiger partial charge < -0.3 is 25.0 Å².